The number of pyridine rings is 1. The van der Waals surface area contributed by atoms with Gasteiger partial charge >= 0.3 is 5.97 Å². The number of aliphatic carboxylic acids is 1. The molecule has 0 saturated heterocycles. The maximum atomic E-state index is 12.2. The molecule has 172 valence electrons. The van der Waals surface area contributed by atoms with Gasteiger partial charge < -0.3 is 15.7 Å². The van der Waals surface area contributed by atoms with Crippen molar-refractivity contribution < 1.29 is 27.7 Å². The average Bonchev–Trinajstić information content (AvgIpc) is 2.76. The Bertz CT molecular complexity index is 1060. The number of nitrogens with one attached hydrogen (secondary N) is 3. The van der Waals surface area contributed by atoms with E-state index in [1.54, 1.807) is 19.2 Å². The van der Waals surface area contributed by atoms with Crippen LogP contribution in [0.5, 0.6) is 0 Å². The van der Waals surface area contributed by atoms with E-state index in [2.05, 4.69) is 26.1 Å². The number of benzene rings is 1. The minimum absolute atomic E-state index is 0.197. The van der Waals surface area contributed by atoms with E-state index in [4.69, 9.17) is 5.11 Å². The molecule has 0 saturated carbocycles. The van der Waals surface area contributed by atoms with Crippen molar-refractivity contribution in [2.75, 3.05) is 19.0 Å². The SMILES string of the molecule is CNC(CCCCNC(=O)c1ccc(NN=Cc2ccccc2S(=O)(=O)O)nc1)C(=O)O. The van der Waals surface area contributed by atoms with E-state index in [0.29, 0.717) is 37.2 Å². The number of nitrogens with zero attached hydrogens (tertiary/aromatic N) is 2. The summed E-state index contributed by atoms with van der Waals surface area (Å²) in [6.07, 6.45) is 4.36. The van der Waals surface area contributed by atoms with E-state index in [1.165, 1.54) is 36.7 Å². The first-order valence-corrected chi connectivity index (χ1v) is 11.2. The number of hydrogen-bond donors (Lipinski definition) is 5. The summed E-state index contributed by atoms with van der Waals surface area (Å²) in [4.78, 5) is 26.9. The highest BCUT2D eigenvalue weighted by molar-refractivity contribution is 7.86. The first-order chi connectivity index (χ1) is 15.2. The monoisotopic (exact) mass is 463 g/mol. The van der Waals surface area contributed by atoms with Crippen molar-refractivity contribution in [1.29, 1.82) is 0 Å². The van der Waals surface area contributed by atoms with Crippen molar-refractivity contribution in [3.8, 4) is 0 Å². The molecule has 1 unspecified atom stereocenters. The van der Waals surface area contributed by atoms with Gasteiger partial charge in [0, 0.05) is 18.3 Å². The second-order valence-electron chi connectivity index (χ2n) is 6.75. The molecule has 32 heavy (non-hydrogen) atoms. The fraction of sp³-hybridized carbons (Fsp3) is 0.300. The van der Waals surface area contributed by atoms with E-state index in [-0.39, 0.29) is 16.4 Å². The highest BCUT2D eigenvalue weighted by Crippen LogP contribution is 2.13. The minimum Gasteiger partial charge on any atom is -0.480 e. The van der Waals surface area contributed by atoms with Gasteiger partial charge in [-0.3, -0.25) is 19.6 Å². The Hall–Kier alpha value is -3.35. The number of carboxylic acids is 1. The number of amides is 1. The molecule has 2 rings (SSSR count). The molecule has 0 spiro atoms. The van der Waals surface area contributed by atoms with Gasteiger partial charge in [0.15, 0.2) is 0 Å². The fourth-order valence-electron chi connectivity index (χ4n) is 2.75. The Morgan fingerprint density at radius 3 is 2.56 bits per heavy atom. The topological polar surface area (TPSA) is 170 Å². The van der Waals surface area contributed by atoms with Crippen LogP contribution >= 0.6 is 0 Å². The molecule has 0 radical (unpaired) electrons. The summed E-state index contributed by atoms with van der Waals surface area (Å²) in [5.41, 5.74) is 3.16. The van der Waals surface area contributed by atoms with Crippen LogP contribution < -0.4 is 16.1 Å². The molecular formula is C20H25N5O6S. The van der Waals surface area contributed by atoms with E-state index in [9.17, 15) is 22.6 Å². The van der Waals surface area contributed by atoms with Crippen LogP contribution in [-0.4, -0.2) is 60.8 Å². The van der Waals surface area contributed by atoms with Gasteiger partial charge in [-0.25, -0.2) is 4.98 Å². The third kappa shape index (κ3) is 7.72. The van der Waals surface area contributed by atoms with Crippen molar-refractivity contribution >= 4 is 34.0 Å². The van der Waals surface area contributed by atoms with Gasteiger partial charge in [0.2, 0.25) is 0 Å². The predicted molar refractivity (Wildman–Crippen MR) is 118 cm³/mol. The van der Waals surface area contributed by atoms with Crippen LogP contribution in [-0.2, 0) is 14.9 Å². The normalized spacial score (nSPS) is 12.4. The first-order valence-electron chi connectivity index (χ1n) is 9.72. The summed E-state index contributed by atoms with van der Waals surface area (Å²) in [7, 11) is -2.78. The molecule has 12 heteroatoms. The number of likely N-dealkylation sites (N-methyl/N-ethyl adjacent to an activating group) is 1. The minimum atomic E-state index is -4.37. The second kappa shape index (κ2) is 11.9. The van der Waals surface area contributed by atoms with Gasteiger partial charge in [0.1, 0.15) is 16.8 Å². The smallest absolute Gasteiger partial charge is 0.320 e. The van der Waals surface area contributed by atoms with E-state index >= 15 is 0 Å². The van der Waals surface area contributed by atoms with Crippen LogP contribution in [0.25, 0.3) is 0 Å². The molecule has 0 aliphatic carbocycles. The number of rotatable bonds is 12. The lowest BCUT2D eigenvalue weighted by molar-refractivity contribution is -0.139. The van der Waals surface area contributed by atoms with Crippen LogP contribution in [0, 0.1) is 0 Å². The molecule has 1 atom stereocenters. The highest BCUT2D eigenvalue weighted by Gasteiger charge is 2.14. The summed E-state index contributed by atoms with van der Waals surface area (Å²) >= 11 is 0. The zero-order valence-corrected chi connectivity index (χ0v) is 18.2. The first kappa shape index (κ1) is 24.9. The molecule has 1 aromatic carbocycles. The second-order valence-corrected chi connectivity index (χ2v) is 8.14. The molecule has 0 aliphatic heterocycles. The van der Waals surface area contributed by atoms with Crippen LogP contribution in [0.2, 0.25) is 0 Å². The summed E-state index contributed by atoms with van der Waals surface area (Å²) in [6, 6.07) is 8.31. The van der Waals surface area contributed by atoms with Gasteiger partial charge in [-0.1, -0.05) is 18.2 Å². The number of unbranched alkanes of at least 4 members (excludes halogenated alkanes) is 1. The predicted octanol–water partition coefficient (Wildman–Crippen LogP) is 1.35. The molecule has 2 aromatic rings. The third-order valence-corrected chi connectivity index (χ3v) is 5.38. The number of carbonyl (C=O) groups is 2. The number of carboxylic acid groups (broad SMARTS) is 1. The van der Waals surface area contributed by atoms with Crippen LogP contribution in [0.15, 0.2) is 52.6 Å². The summed E-state index contributed by atoms with van der Waals surface area (Å²) in [5.74, 6) is -0.879. The van der Waals surface area contributed by atoms with E-state index in [1.807, 2.05) is 0 Å². The fourth-order valence-corrected chi connectivity index (χ4v) is 3.42. The zero-order chi connectivity index (χ0) is 23.6. The standard InChI is InChI=1S/C20H25N5O6S/c1-21-16(20(27)28)7-4-5-11-22-19(26)15-9-10-18(23-12-15)25-24-13-14-6-2-3-8-17(14)32(29,30)31/h2-3,6,8-10,12-13,16,21H,4-5,7,11H2,1H3,(H,22,26)(H,23,25)(H,27,28)(H,29,30,31). The lowest BCUT2D eigenvalue weighted by atomic mass is 10.1. The zero-order valence-electron chi connectivity index (χ0n) is 17.4. The van der Waals surface area contributed by atoms with Crippen LogP contribution in [0.4, 0.5) is 5.82 Å². The molecule has 5 N–H and O–H groups in total. The number of hydrogen-bond acceptors (Lipinski definition) is 8. The Kier molecular flexibility index (Phi) is 9.25. The quantitative estimate of drug-likeness (QED) is 0.135. The van der Waals surface area contributed by atoms with Crippen LogP contribution in [0.3, 0.4) is 0 Å². The average molecular weight is 464 g/mol. The van der Waals surface area contributed by atoms with Crippen molar-refractivity contribution in [1.82, 2.24) is 15.6 Å². The van der Waals surface area contributed by atoms with Crippen molar-refractivity contribution in [2.45, 2.75) is 30.2 Å². The molecule has 0 bridgehead atoms. The van der Waals surface area contributed by atoms with Gasteiger partial charge in [-0.05, 0) is 44.5 Å². The lowest BCUT2D eigenvalue weighted by Gasteiger charge is -2.10. The van der Waals surface area contributed by atoms with E-state index < -0.39 is 22.1 Å². The van der Waals surface area contributed by atoms with Gasteiger partial charge in [-0.2, -0.15) is 13.5 Å². The van der Waals surface area contributed by atoms with E-state index in [0.717, 1.165) is 0 Å². The number of carbonyl (C=O) groups excluding carboxylic acids is 1. The van der Waals surface area contributed by atoms with Crippen molar-refractivity contribution in [3.63, 3.8) is 0 Å². The molecule has 1 aromatic heterocycles. The summed E-state index contributed by atoms with van der Waals surface area (Å²) in [6.45, 7) is 0.409. The van der Waals surface area contributed by atoms with Gasteiger partial charge in [-0.15, -0.1) is 0 Å². The Morgan fingerprint density at radius 1 is 1.19 bits per heavy atom. The van der Waals surface area contributed by atoms with Crippen molar-refractivity contribution in [3.05, 3.63) is 53.7 Å². The largest absolute Gasteiger partial charge is 0.480 e. The Morgan fingerprint density at radius 2 is 1.94 bits per heavy atom. The number of hydrazone groups is 1. The molecule has 0 fully saturated rings. The summed E-state index contributed by atoms with van der Waals surface area (Å²) < 4.78 is 32.0. The molecular weight excluding hydrogens is 438 g/mol. The third-order valence-electron chi connectivity index (χ3n) is 4.46. The highest BCUT2D eigenvalue weighted by atomic mass is 32.2. The summed E-state index contributed by atoms with van der Waals surface area (Å²) in [5, 5.41) is 18.3. The van der Waals surface area contributed by atoms with Gasteiger partial charge in [0.05, 0.1) is 11.8 Å². The lowest BCUT2D eigenvalue weighted by Crippen LogP contribution is -2.33. The van der Waals surface area contributed by atoms with Gasteiger partial charge in [0.25, 0.3) is 16.0 Å². The van der Waals surface area contributed by atoms with Crippen molar-refractivity contribution in [2.24, 2.45) is 5.10 Å². The molecule has 1 amide bonds. The maximum Gasteiger partial charge on any atom is 0.320 e. The molecule has 1 heterocycles. The number of anilines is 1. The van der Waals surface area contributed by atoms with Crippen LogP contribution in [0.1, 0.15) is 35.2 Å². The number of aromatic nitrogens is 1. The Labute approximate surface area is 185 Å². The Balaban J connectivity index is 1.83. The molecule has 11 nitrogen and oxygen atoms in total. The maximum absolute atomic E-state index is 12.2. The molecule has 0 aliphatic rings.